The van der Waals surface area contributed by atoms with Gasteiger partial charge in [0.2, 0.25) is 11.9 Å². The normalized spacial score (nSPS) is 13.9. The molecule has 0 saturated carbocycles. The van der Waals surface area contributed by atoms with Gasteiger partial charge >= 0.3 is 5.97 Å². The van der Waals surface area contributed by atoms with E-state index < -0.39 is 5.97 Å². The molecule has 164 valence electrons. The van der Waals surface area contributed by atoms with E-state index in [0.29, 0.717) is 22.3 Å². The van der Waals surface area contributed by atoms with Gasteiger partial charge in [-0.25, -0.2) is 4.79 Å². The third-order valence-corrected chi connectivity index (χ3v) is 6.73. The Kier molecular flexibility index (Phi) is 6.92. The van der Waals surface area contributed by atoms with E-state index in [0.717, 1.165) is 37.6 Å². The lowest BCUT2D eigenvalue weighted by atomic mass is 10.1. The number of nitrogens with one attached hydrogen (secondary N) is 1. The van der Waals surface area contributed by atoms with Gasteiger partial charge in [-0.15, -0.1) is 21.5 Å². The monoisotopic (exact) mass is 461 g/mol. The Hall–Kier alpha value is -2.79. The summed E-state index contributed by atoms with van der Waals surface area (Å²) in [6, 6.07) is 5.44. The van der Waals surface area contributed by atoms with Gasteiger partial charge in [0.25, 0.3) is 0 Å². The van der Waals surface area contributed by atoms with Gasteiger partial charge < -0.3 is 19.4 Å². The molecule has 4 heterocycles. The van der Waals surface area contributed by atoms with Crippen LogP contribution in [0.25, 0.3) is 0 Å². The summed E-state index contributed by atoms with van der Waals surface area (Å²) in [5.74, 6) is 1.02. The summed E-state index contributed by atoms with van der Waals surface area (Å²) >= 11 is 2.52. The molecule has 0 aliphatic carbocycles. The molecule has 1 fully saturated rings. The maximum Gasteiger partial charge on any atom is 0.350 e. The van der Waals surface area contributed by atoms with E-state index in [1.165, 1.54) is 36.6 Å². The van der Waals surface area contributed by atoms with Crippen LogP contribution in [0.2, 0.25) is 0 Å². The van der Waals surface area contributed by atoms with Crippen molar-refractivity contribution in [1.29, 1.82) is 0 Å². The van der Waals surface area contributed by atoms with Crippen LogP contribution in [-0.2, 0) is 16.1 Å². The lowest BCUT2D eigenvalue weighted by Crippen LogP contribution is -2.32. The predicted molar refractivity (Wildman–Crippen MR) is 119 cm³/mol. The number of thioether (sulfide) groups is 1. The molecule has 1 amide bonds. The van der Waals surface area contributed by atoms with Crippen molar-refractivity contribution < 1.29 is 18.7 Å². The van der Waals surface area contributed by atoms with Crippen LogP contribution in [0.1, 0.15) is 34.7 Å². The number of furan rings is 1. The van der Waals surface area contributed by atoms with Crippen molar-refractivity contribution in [2.45, 2.75) is 31.0 Å². The van der Waals surface area contributed by atoms with E-state index in [1.54, 1.807) is 17.7 Å². The maximum absolute atomic E-state index is 12.5. The molecule has 1 aliphatic rings. The molecule has 3 aromatic heterocycles. The smallest absolute Gasteiger partial charge is 0.350 e. The first-order chi connectivity index (χ1) is 15.2. The largest absolute Gasteiger partial charge is 0.467 e. The molecule has 1 saturated heterocycles. The number of rotatable bonds is 8. The van der Waals surface area contributed by atoms with Gasteiger partial charge in [0.05, 0.1) is 31.4 Å². The molecule has 11 heteroatoms. The van der Waals surface area contributed by atoms with Gasteiger partial charge in [-0.2, -0.15) is 0 Å². The Balaban J connectivity index is 1.46. The molecule has 1 N–H and O–H groups in total. The highest BCUT2D eigenvalue weighted by Gasteiger charge is 2.22. The standard InChI is InChI=1S/C20H23N5O4S2/c1-28-18(27)17-15(7-11-30-17)21-16(26)13-31-20-23-22-19(24-8-3-2-4-9-24)25(20)12-14-6-5-10-29-14/h5-7,10-11H,2-4,8-9,12-13H2,1H3,(H,21,26). The minimum Gasteiger partial charge on any atom is -0.467 e. The van der Waals surface area contributed by atoms with Gasteiger partial charge in [-0.1, -0.05) is 11.8 Å². The van der Waals surface area contributed by atoms with Gasteiger partial charge in [-0.3, -0.25) is 9.36 Å². The number of ether oxygens (including phenoxy) is 1. The third-order valence-electron chi connectivity index (χ3n) is 4.87. The summed E-state index contributed by atoms with van der Waals surface area (Å²) in [5.41, 5.74) is 0.452. The van der Waals surface area contributed by atoms with E-state index in [-0.39, 0.29) is 11.7 Å². The molecule has 0 spiro atoms. The first kappa shape index (κ1) is 21.4. The number of nitrogens with zero attached hydrogens (tertiary/aromatic N) is 4. The van der Waals surface area contributed by atoms with Crippen LogP contribution in [0.3, 0.4) is 0 Å². The number of thiophene rings is 1. The van der Waals surface area contributed by atoms with Crippen molar-refractivity contribution in [2.24, 2.45) is 0 Å². The fraction of sp³-hybridized carbons (Fsp3) is 0.400. The molecule has 0 atom stereocenters. The summed E-state index contributed by atoms with van der Waals surface area (Å²) in [6.07, 6.45) is 5.12. The number of hydrogen-bond acceptors (Lipinski definition) is 9. The van der Waals surface area contributed by atoms with Crippen LogP contribution >= 0.6 is 23.1 Å². The molecule has 0 aromatic carbocycles. The lowest BCUT2D eigenvalue weighted by Gasteiger charge is -2.27. The molecular weight excluding hydrogens is 438 g/mol. The SMILES string of the molecule is COC(=O)c1sccc1NC(=O)CSc1nnc(N2CCCCC2)n1Cc1ccco1. The van der Waals surface area contributed by atoms with Crippen LogP contribution in [0.5, 0.6) is 0 Å². The van der Waals surface area contributed by atoms with Crippen molar-refractivity contribution in [2.75, 3.05) is 36.2 Å². The summed E-state index contributed by atoms with van der Waals surface area (Å²) in [7, 11) is 1.31. The number of piperidine rings is 1. The second kappa shape index (κ2) is 10.0. The van der Waals surface area contributed by atoms with Crippen LogP contribution in [0, 0.1) is 0 Å². The Morgan fingerprint density at radius 1 is 1.26 bits per heavy atom. The molecule has 3 aromatic rings. The Morgan fingerprint density at radius 3 is 2.84 bits per heavy atom. The van der Waals surface area contributed by atoms with Crippen LogP contribution in [-0.4, -0.2) is 52.6 Å². The Bertz CT molecular complexity index is 1020. The molecule has 0 unspecified atom stereocenters. The molecule has 0 radical (unpaired) electrons. The first-order valence-corrected chi connectivity index (χ1v) is 11.8. The zero-order chi connectivity index (χ0) is 21.6. The third kappa shape index (κ3) is 5.10. The van der Waals surface area contributed by atoms with Gasteiger partial charge in [0.1, 0.15) is 10.6 Å². The van der Waals surface area contributed by atoms with Crippen molar-refractivity contribution in [3.05, 3.63) is 40.5 Å². The van der Waals surface area contributed by atoms with E-state index in [2.05, 4.69) is 20.4 Å². The van der Waals surface area contributed by atoms with Crippen LogP contribution in [0.4, 0.5) is 11.6 Å². The number of amides is 1. The van der Waals surface area contributed by atoms with Gasteiger partial charge in [-0.05, 0) is 42.8 Å². The Labute approximate surface area is 187 Å². The number of anilines is 2. The first-order valence-electron chi connectivity index (χ1n) is 9.94. The van der Waals surface area contributed by atoms with E-state index in [1.807, 2.05) is 16.7 Å². The minimum atomic E-state index is -0.470. The average molecular weight is 462 g/mol. The topological polar surface area (TPSA) is 102 Å². The fourth-order valence-corrected chi connectivity index (χ4v) is 4.89. The van der Waals surface area contributed by atoms with E-state index in [4.69, 9.17) is 9.15 Å². The molecule has 9 nitrogen and oxygen atoms in total. The number of esters is 1. The summed E-state index contributed by atoms with van der Waals surface area (Å²) in [4.78, 5) is 26.9. The van der Waals surface area contributed by atoms with E-state index >= 15 is 0 Å². The average Bonchev–Trinajstić information content (AvgIpc) is 3.54. The molecule has 0 bridgehead atoms. The maximum atomic E-state index is 12.5. The fourth-order valence-electron chi connectivity index (χ4n) is 3.39. The number of carbonyl (C=O) groups excluding carboxylic acids is 2. The summed E-state index contributed by atoms with van der Waals surface area (Å²) in [5, 5.41) is 13.9. The highest BCUT2D eigenvalue weighted by molar-refractivity contribution is 7.99. The molecule has 1 aliphatic heterocycles. The van der Waals surface area contributed by atoms with Crippen molar-refractivity contribution >= 4 is 46.6 Å². The number of hydrogen-bond donors (Lipinski definition) is 1. The second-order valence-electron chi connectivity index (χ2n) is 6.99. The number of aromatic nitrogens is 3. The van der Waals surface area contributed by atoms with Crippen molar-refractivity contribution in [1.82, 2.24) is 14.8 Å². The lowest BCUT2D eigenvalue weighted by molar-refractivity contribution is -0.113. The summed E-state index contributed by atoms with van der Waals surface area (Å²) in [6.45, 7) is 2.37. The van der Waals surface area contributed by atoms with E-state index in [9.17, 15) is 9.59 Å². The number of carbonyl (C=O) groups is 2. The second-order valence-corrected chi connectivity index (χ2v) is 8.85. The molecular formula is C20H23N5O4S2. The zero-order valence-electron chi connectivity index (χ0n) is 17.1. The molecule has 31 heavy (non-hydrogen) atoms. The van der Waals surface area contributed by atoms with Gasteiger partial charge in [0.15, 0.2) is 5.16 Å². The quantitative estimate of drug-likeness (QED) is 0.402. The predicted octanol–water partition coefficient (Wildman–Crippen LogP) is 3.49. The summed E-state index contributed by atoms with van der Waals surface area (Å²) < 4.78 is 12.3. The van der Waals surface area contributed by atoms with Crippen molar-refractivity contribution in [3.63, 3.8) is 0 Å². The minimum absolute atomic E-state index is 0.132. The highest BCUT2D eigenvalue weighted by Crippen LogP contribution is 2.27. The van der Waals surface area contributed by atoms with Crippen molar-refractivity contribution in [3.8, 4) is 0 Å². The Morgan fingerprint density at radius 2 is 2.10 bits per heavy atom. The van der Waals surface area contributed by atoms with Crippen LogP contribution < -0.4 is 10.2 Å². The van der Waals surface area contributed by atoms with Gasteiger partial charge in [0, 0.05) is 13.1 Å². The zero-order valence-corrected chi connectivity index (χ0v) is 18.7. The molecule has 4 rings (SSSR count). The highest BCUT2D eigenvalue weighted by atomic mass is 32.2. The number of methoxy groups -OCH3 is 1. The van der Waals surface area contributed by atoms with Crippen LogP contribution in [0.15, 0.2) is 39.4 Å².